The van der Waals surface area contributed by atoms with Crippen molar-refractivity contribution in [1.82, 2.24) is 0 Å². The van der Waals surface area contributed by atoms with Crippen LogP contribution >= 0.6 is 15.9 Å². The minimum absolute atomic E-state index is 0.319. The second kappa shape index (κ2) is 8.53. The number of amides is 2. The maximum absolute atomic E-state index is 13.7. The van der Waals surface area contributed by atoms with E-state index in [-0.39, 0.29) is 5.91 Å². The smallest absolute Gasteiger partial charge is 0.266 e. The summed E-state index contributed by atoms with van der Waals surface area (Å²) in [6.45, 7) is 0. The monoisotopic (exact) mass is 508 g/mol. The lowest BCUT2D eigenvalue weighted by atomic mass is 9.89. The van der Waals surface area contributed by atoms with Gasteiger partial charge in [-0.05, 0) is 54.6 Å². The molecule has 2 aliphatic rings. The number of anilines is 2. The molecule has 0 bridgehead atoms. The predicted octanol–water partition coefficient (Wildman–Crippen LogP) is 4.52. The number of carbonyl (C=O) groups excluding carboxylic acids is 2. The zero-order chi connectivity index (χ0) is 23.1. The van der Waals surface area contributed by atoms with Gasteiger partial charge >= 0.3 is 0 Å². The summed E-state index contributed by atoms with van der Waals surface area (Å²) in [4.78, 5) is 34.5. The summed E-state index contributed by atoms with van der Waals surface area (Å²) in [5.74, 6) is -0.280. The van der Waals surface area contributed by atoms with Crippen LogP contribution in [0.4, 0.5) is 11.4 Å². The van der Waals surface area contributed by atoms with Crippen molar-refractivity contribution >= 4 is 39.1 Å². The van der Waals surface area contributed by atoms with Crippen molar-refractivity contribution in [1.29, 1.82) is 0 Å². The summed E-state index contributed by atoms with van der Waals surface area (Å²) >= 11 is 3.39. The van der Waals surface area contributed by atoms with Gasteiger partial charge in [-0.25, -0.2) is 9.96 Å². The van der Waals surface area contributed by atoms with Crippen LogP contribution in [0.25, 0.3) is 0 Å². The summed E-state index contributed by atoms with van der Waals surface area (Å²) in [5.41, 5.74) is 1.94. The first-order valence-corrected chi connectivity index (χ1v) is 11.2. The average molecular weight is 509 g/mol. The molecule has 0 aromatic heterocycles. The van der Waals surface area contributed by atoms with Crippen LogP contribution < -0.4 is 19.4 Å². The van der Waals surface area contributed by atoms with Crippen LogP contribution in [0.5, 0.6) is 11.5 Å². The quantitative estimate of drug-likeness (QED) is 0.472. The largest absolute Gasteiger partial charge is 0.497 e. The van der Waals surface area contributed by atoms with E-state index in [4.69, 9.17) is 14.3 Å². The topological polar surface area (TPSA) is 68.3 Å². The normalized spacial score (nSPS) is 22.0. The zero-order valence-corrected chi connectivity index (χ0v) is 19.6. The Morgan fingerprint density at radius 1 is 0.848 bits per heavy atom. The van der Waals surface area contributed by atoms with E-state index < -0.39 is 24.0 Å². The average Bonchev–Trinajstić information content (AvgIpc) is 3.36. The Hall–Kier alpha value is -3.36. The van der Waals surface area contributed by atoms with Crippen LogP contribution in [0, 0.1) is 5.92 Å². The summed E-state index contributed by atoms with van der Waals surface area (Å²) in [6, 6.07) is 21.3. The standard InChI is InChI=1S/C25H21BrN2O5/c1-31-18-12-13-20(32-2)19(14-18)22-21-23(33-28(22)17-6-4-3-5-7-17)25(30)27(24(21)29)16-10-8-15(26)9-11-16/h3-14,21-23H,1-2H3/t21-,22+,23+/m1/s1. The first-order chi connectivity index (χ1) is 16.0. The third kappa shape index (κ3) is 3.55. The number of nitrogens with zero attached hydrogens (tertiary/aromatic N) is 2. The third-order valence-corrected chi connectivity index (χ3v) is 6.50. The van der Waals surface area contributed by atoms with Crippen molar-refractivity contribution in [2.75, 3.05) is 24.2 Å². The Morgan fingerprint density at radius 2 is 1.58 bits per heavy atom. The second-order valence-corrected chi connectivity index (χ2v) is 8.67. The molecule has 0 radical (unpaired) electrons. The molecular weight excluding hydrogens is 488 g/mol. The number of methoxy groups -OCH3 is 2. The highest BCUT2D eigenvalue weighted by molar-refractivity contribution is 9.10. The van der Waals surface area contributed by atoms with Crippen molar-refractivity contribution in [3.63, 3.8) is 0 Å². The van der Waals surface area contributed by atoms with Gasteiger partial charge in [0.05, 0.1) is 25.6 Å². The molecule has 2 saturated heterocycles. The van der Waals surface area contributed by atoms with Crippen LogP contribution in [0.15, 0.2) is 77.3 Å². The number of imide groups is 1. The van der Waals surface area contributed by atoms with Gasteiger partial charge in [-0.15, -0.1) is 0 Å². The molecule has 2 amide bonds. The number of hydrogen-bond acceptors (Lipinski definition) is 6. The molecule has 8 heteroatoms. The highest BCUT2D eigenvalue weighted by Crippen LogP contribution is 2.50. The molecule has 2 aliphatic heterocycles. The summed E-state index contributed by atoms with van der Waals surface area (Å²) < 4.78 is 11.9. The molecule has 168 valence electrons. The molecular formula is C25H21BrN2O5. The van der Waals surface area contributed by atoms with Crippen molar-refractivity contribution < 1.29 is 23.9 Å². The van der Waals surface area contributed by atoms with E-state index in [0.717, 1.165) is 10.2 Å². The van der Waals surface area contributed by atoms with Gasteiger partial charge in [0.15, 0.2) is 6.10 Å². The van der Waals surface area contributed by atoms with Crippen molar-refractivity contribution in [3.05, 3.63) is 82.8 Å². The minimum Gasteiger partial charge on any atom is -0.497 e. The molecule has 0 spiro atoms. The van der Waals surface area contributed by atoms with Gasteiger partial charge in [-0.1, -0.05) is 34.1 Å². The maximum Gasteiger partial charge on any atom is 0.266 e. The summed E-state index contributed by atoms with van der Waals surface area (Å²) in [5, 5.41) is 1.64. The number of para-hydroxylation sites is 1. The fourth-order valence-corrected chi connectivity index (χ4v) is 4.71. The van der Waals surface area contributed by atoms with Gasteiger partial charge in [0.1, 0.15) is 23.5 Å². The van der Waals surface area contributed by atoms with E-state index >= 15 is 0 Å². The Labute approximate surface area is 199 Å². The van der Waals surface area contributed by atoms with Crippen LogP contribution in [-0.2, 0) is 14.4 Å². The fraction of sp³-hybridized carbons (Fsp3) is 0.200. The zero-order valence-electron chi connectivity index (χ0n) is 18.0. The maximum atomic E-state index is 13.7. The Balaban J connectivity index is 1.63. The third-order valence-electron chi connectivity index (χ3n) is 5.97. The Morgan fingerprint density at radius 3 is 2.24 bits per heavy atom. The fourth-order valence-electron chi connectivity index (χ4n) is 4.44. The van der Waals surface area contributed by atoms with Gasteiger partial charge in [0, 0.05) is 10.0 Å². The van der Waals surface area contributed by atoms with Crippen molar-refractivity contribution in [2.24, 2.45) is 5.92 Å². The number of benzene rings is 3. The molecule has 5 rings (SSSR count). The van der Waals surface area contributed by atoms with E-state index in [9.17, 15) is 9.59 Å². The first kappa shape index (κ1) is 21.5. The first-order valence-electron chi connectivity index (χ1n) is 10.4. The van der Waals surface area contributed by atoms with E-state index in [1.807, 2.05) is 36.4 Å². The molecule has 0 saturated carbocycles. The molecule has 2 heterocycles. The van der Waals surface area contributed by atoms with E-state index in [1.165, 1.54) is 4.90 Å². The SMILES string of the molecule is COc1ccc(OC)c([C@H]2[C@H]3C(=O)N(c4ccc(Br)cc4)C(=O)[C@H]3ON2c2ccccc2)c1. The Bertz CT molecular complexity index is 1200. The van der Waals surface area contributed by atoms with E-state index in [2.05, 4.69) is 15.9 Å². The molecule has 33 heavy (non-hydrogen) atoms. The molecule has 3 aromatic carbocycles. The summed E-state index contributed by atoms with van der Waals surface area (Å²) in [7, 11) is 3.15. The lowest BCUT2D eigenvalue weighted by Crippen LogP contribution is -2.37. The van der Waals surface area contributed by atoms with Crippen LogP contribution in [0.1, 0.15) is 11.6 Å². The number of ether oxygens (including phenoxy) is 2. The number of carbonyl (C=O) groups is 2. The van der Waals surface area contributed by atoms with E-state index in [0.29, 0.717) is 22.7 Å². The number of rotatable bonds is 5. The highest BCUT2D eigenvalue weighted by atomic mass is 79.9. The molecule has 3 aromatic rings. The lowest BCUT2D eigenvalue weighted by Gasteiger charge is -2.29. The van der Waals surface area contributed by atoms with Gasteiger partial charge < -0.3 is 9.47 Å². The van der Waals surface area contributed by atoms with Crippen molar-refractivity contribution in [2.45, 2.75) is 12.1 Å². The Kier molecular flexibility index (Phi) is 5.55. The number of halogens is 1. The van der Waals surface area contributed by atoms with Gasteiger partial charge in [-0.3, -0.25) is 14.4 Å². The number of fused-ring (bicyclic) bond motifs is 1. The molecule has 0 aliphatic carbocycles. The van der Waals surface area contributed by atoms with Crippen LogP contribution in [0.3, 0.4) is 0 Å². The van der Waals surface area contributed by atoms with Crippen LogP contribution in [0.2, 0.25) is 0 Å². The molecule has 3 atom stereocenters. The summed E-state index contributed by atoms with van der Waals surface area (Å²) in [6.07, 6.45) is -0.956. The lowest BCUT2D eigenvalue weighted by molar-refractivity contribution is -0.126. The minimum atomic E-state index is -0.956. The predicted molar refractivity (Wildman–Crippen MR) is 126 cm³/mol. The van der Waals surface area contributed by atoms with Crippen LogP contribution in [-0.4, -0.2) is 32.1 Å². The van der Waals surface area contributed by atoms with Crippen molar-refractivity contribution in [3.8, 4) is 11.5 Å². The molecule has 2 fully saturated rings. The molecule has 7 nitrogen and oxygen atoms in total. The molecule has 0 unspecified atom stereocenters. The number of hydrogen-bond donors (Lipinski definition) is 0. The van der Waals surface area contributed by atoms with E-state index in [1.54, 1.807) is 55.7 Å². The highest BCUT2D eigenvalue weighted by Gasteiger charge is 2.60. The van der Waals surface area contributed by atoms with Gasteiger partial charge in [0.25, 0.3) is 5.91 Å². The van der Waals surface area contributed by atoms with Gasteiger partial charge in [-0.2, -0.15) is 0 Å². The number of hydroxylamine groups is 1. The molecule has 0 N–H and O–H groups in total. The van der Waals surface area contributed by atoms with Gasteiger partial charge in [0.2, 0.25) is 5.91 Å². The second-order valence-electron chi connectivity index (χ2n) is 7.75.